The Morgan fingerprint density at radius 1 is 1.69 bits per heavy atom. The fourth-order valence-corrected chi connectivity index (χ4v) is 2.02. The summed E-state index contributed by atoms with van der Waals surface area (Å²) in [4.78, 5) is 2.16. The van der Waals surface area contributed by atoms with Gasteiger partial charge < -0.3 is 14.4 Å². The van der Waals surface area contributed by atoms with Gasteiger partial charge in [-0.3, -0.25) is 0 Å². The molecule has 1 aliphatic heterocycles. The third-order valence-electron chi connectivity index (χ3n) is 2.96. The van der Waals surface area contributed by atoms with Crippen LogP contribution in [-0.2, 0) is 5.60 Å². The first-order valence-corrected chi connectivity index (χ1v) is 4.57. The molecule has 13 heavy (non-hydrogen) atoms. The van der Waals surface area contributed by atoms with E-state index in [0.717, 1.165) is 12.0 Å². The second-order valence-corrected chi connectivity index (χ2v) is 4.01. The van der Waals surface area contributed by atoms with E-state index >= 15 is 0 Å². The second kappa shape index (κ2) is 2.86. The quantitative estimate of drug-likeness (QED) is 0.707. The first-order chi connectivity index (χ1) is 6.12. The third kappa shape index (κ3) is 1.38. The van der Waals surface area contributed by atoms with Crippen LogP contribution < -0.4 is 0 Å². The summed E-state index contributed by atoms with van der Waals surface area (Å²) >= 11 is 0. The maximum atomic E-state index is 10.3. The van der Waals surface area contributed by atoms with E-state index in [2.05, 4.69) is 11.8 Å². The third-order valence-corrected chi connectivity index (χ3v) is 2.96. The topological polar surface area (TPSA) is 36.6 Å². The maximum Gasteiger partial charge on any atom is 0.107 e. The minimum atomic E-state index is -0.707. The molecule has 72 valence electrons. The van der Waals surface area contributed by atoms with Crippen LogP contribution in [0.25, 0.3) is 0 Å². The number of likely N-dealkylation sites (N-methyl/N-ethyl adjacent to an activating group) is 1. The van der Waals surface area contributed by atoms with Crippen LogP contribution in [0, 0.1) is 0 Å². The molecule has 1 saturated heterocycles. The minimum Gasteiger partial charge on any atom is -0.472 e. The first kappa shape index (κ1) is 8.78. The molecule has 1 aromatic heterocycles. The predicted octanol–water partition coefficient (Wildman–Crippen LogP) is 1.19. The van der Waals surface area contributed by atoms with Crippen LogP contribution in [0.3, 0.4) is 0 Å². The highest BCUT2D eigenvalue weighted by Crippen LogP contribution is 2.34. The minimum absolute atomic E-state index is 0.430. The van der Waals surface area contributed by atoms with Crippen molar-refractivity contribution in [3.05, 3.63) is 24.2 Å². The maximum absolute atomic E-state index is 10.3. The van der Waals surface area contributed by atoms with Gasteiger partial charge in [0.25, 0.3) is 0 Å². The fraction of sp³-hybridized carbons (Fsp3) is 0.600. The average Bonchev–Trinajstić information content (AvgIpc) is 2.61. The van der Waals surface area contributed by atoms with Crippen molar-refractivity contribution in [3.63, 3.8) is 0 Å². The van der Waals surface area contributed by atoms with E-state index < -0.39 is 5.60 Å². The van der Waals surface area contributed by atoms with Gasteiger partial charge in [-0.1, -0.05) is 0 Å². The smallest absolute Gasteiger partial charge is 0.107 e. The van der Waals surface area contributed by atoms with Crippen molar-refractivity contribution in [2.45, 2.75) is 25.0 Å². The van der Waals surface area contributed by atoms with Crippen LogP contribution in [0.1, 0.15) is 18.9 Å². The average molecular weight is 181 g/mol. The van der Waals surface area contributed by atoms with Crippen LogP contribution >= 0.6 is 0 Å². The Hall–Kier alpha value is -0.800. The monoisotopic (exact) mass is 181 g/mol. The Morgan fingerprint density at radius 3 is 2.92 bits per heavy atom. The molecule has 0 saturated carbocycles. The van der Waals surface area contributed by atoms with Gasteiger partial charge in [-0.15, -0.1) is 0 Å². The van der Waals surface area contributed by atoms with E-state index in [1.807, 2.05) is 13.1 Å². The Balaban J connectivity index is 2.24. The zero-order valence-corrected chi connectivity index (χ0v) is 8.03. The lowest BCUT2D eigenvalue weighted by atomic mass is 9.94. The van der Waals surface area contributed by atoms with Gasteiger partial charge in [0.05, 0.1) is 12.5 Å². The summed E-state index contributed by atoms with van der Waals surface area (Å²) in [6.45, 7) is 2.81. The largest absolute Gasteiger partial charge is 0.472 e. The van der Waals surface area contributed by atoms with Crippen molar-refractivity contribution in [2.24, 2.45) is 0 Å². The molecule has 2 rings (SSSR count). The lowest BCUT2D eigenvalue weighted by molar-refractivity contribution is 0.0480. The summed E-state index contributed by atoms with van der Waals surface area (Å²) in [7, 11) is 2.03. The number of rotatable bonds is 1. The van der Waals surface area contributed by atoms with E-state index in [4.69, 9.17) is 4.42 Å². The summed E-state index contributed by atoms with van der Waals surface area (Å²) in [5.74, 6) is 0. The normalized spacial score (nSPS) is 35.5. The summed E-state index contributed by atoms with van der Waals surface area (Å²) in [6, 6.07) is 2.27. The molecule has 0 amide bonds. The highest BCUT2D eigenvalue weighted by Gasteiger charge is 2.40. The Labute approximate surface area is 78.0 Å². The number of β-amino-alcohol motifs (C(OH)–C–C–N with tert-alkyl or cyclic N) is 1. The molecule has 0 spiro atoms. The molecule has 0 bridgehead atoms. The van der Waals surface area contributed by atoms with E-state index in [9.17, 15) is 5.11 Å². The highest BCUT2D eigenvalue weighted by molar-refractivity contribution is 5.19. The molecular weight excluding hydrogens is 166 g/mol. The van der Waals surface area contributed by atoms with E-state index in [1.54, 1.807) is 12.5 Å². The van der Waals surface area contributed by atoms with Crippen molar-refractivity contribution < 1.29 is 9.52 Å². The summed E-state index contributed by atoms with van der Waals surface area (Å²) in [5, 5.41) is 10.3. The van der Waals surface area contributed by atoms with Crippen LogP contribution in [0.15, 0.2) is 23.0 Å². The van der Waals surface area contributed by atoms with Gasteiger partial charge in [0.1, 0.15) is 5.60 Å². The fourth-order valence-electron chi connectivity index (χ4n) is 2.02. The molecule has 1 aromatic rings. The van der Waals surface area contributed by atoms with Crippen molar-refractivity contribution in [1.82, 2.24) is 4.90 Å². The molecule has 2 atom stereocenters. The van der Waals surface area contributed by atoms with E-state index in [0.29, 0.717) is 12.6 Å². The Bertz CT molecular complexity index is 271. The van der Waals surface area contributed by atoms with Crippen LogP contribution in [-0.4, -0.2) is 29.6 Å². The highest BCUT2D eigenvalue weighted by atomic mass is 16.3. The molecule has 3 heteroatoms. The van der Waals surface area contributed by atoms with Crippen LogP contribution in [0.4, 0.5) is 0 Å². The van der Waals surface area contributed by atoms with Crippen LogP contribution in [0.2, 0.25) is 0 Å². The summed E-state index contributed by atoms with van der Waals surface area (Å²) in [6.07, 6.45) is 4.02. The number of likely N-dealkylation sites (tertiary alicyclic amines) is 1. The molecule has 0 radical (unpaired) electrons. The standard InChI is InChI=1S/C10H15NO2/c1-8-5-10(12,7-11(8)2)9-3-4-13-6-9/h3-4,6,8,12H,5,7H2,1-2H3. The van der Waals surface area contributed by atoms with Crippen molar-refractivity contribution in [3.8, 4) is 0 Å². The molecule has 1 fully saturated rings. The molecule has 0 aromatic carbocycles. The number of hydrogen-bond acceptors (Lipinski definition) is 3. The molecule has 1 aliphatic rings. The molecular formula is C10H15NO2. The SMILES string of the molecule is CC1CC(O)(c2ccoc2)CN1C. The Morgan fingerprint density at radius 2 is 2.46 bits per heavy atom. The molecule has 3 nitrogen and oxygen atoms in total. The van der Waals surface area contributed by atoms with Crippen molar-refractivity contribution in [2.75, 3.05) is 13.6 Å². The molecule has 2 heterocycles. The van der Waals surface area contributed by atoms with Gasteiger partial charge in [0, 0.05) is 18.2 Å². The van der Waals surface area contributed by atoms with Crippen molar-refractivity contribution in [1.29, 1.82) is 0 Å². The van der Waals surface area contributed by atoms with E-state index in [-0.39, 0.29) is 0 Å². The first-order valence-electron chi connectivity index (χ1n) is 4.57. The van der Waals surface area contributed by atoms with Gasteiger partial charge in [0.15, 0.2) is 0 Å². The number of hydrogen-bond donors (Lipinski definition) is 1. The molecule has 1 N–H and O–H groups in total. The lowest BCUT2D eigenvalue weighted by Gasteiger charge is -2.20. The van der Waals surface area contributed by atoms with Gasteiger partial charge >= 0.3 is 0 Å². The Kier molecular flexibility index (Phi) is 1.93. The zero-order valence-electron chi connectivity index (χ0n) is 8.03. The summed E-state index contributed by atoms with van der Waals surface area (Å²) in [5.41, 5.74) is 0.185. The van der Waals surface area contributed by atoms with Gasteiger partial charge in [-0.25, -0.2) is 0 Å². The van der Waals surface area contributed by atoms with Crippen molar-refractivity contribution >= 4 is 0 Å². The molecule has 0 aliphatic carbocycles. The number of aliphatic hydroxyl groups is 1. The van der Waals surface area contributed by atoms with Gasteiger partial charge in [-0.05, 0) is 26.5 Å². The molecule has 2 unspecified atom stereocenters. The number of nitrogens with zero attached hydrogens (tertiary/aromatic N) is 1. The van der Waals surface area contributed by atoms with Crippen LogP contribution in [0.5, 0.6) is 0 Å². The van der Waals surface area contributed by atoms with Gasteiger partial charge in [-0.2, -0.15) is 0 Å². The summed E-state index contributed by atoms with van der Waals surface area (Å²) < 4.78 is 4.98. The predicted molar refractivity (Wildman–Crippen MR) is 49.3 cm³/mol. The van der Waals surface area contributed by atoms with Gasteiger partial charge in [0.2, 0.25) is 0 Å². The second-order valence-electron chi connectivity index (χ2n) is 4.01. The zero-order chi connectivity index (χ0) is 9.47. The number of furan rings is 1. The van der Waals surface area contributed by atoms with E-state index in [1.165, 1.54) is 0 Å². The lowest BCUT2D eigenvalue weighted by Crippen LogP contribution is -2.28.